The van der Waals surface area contributed by atoms with Gasteiger partial charge in [0.05, 0.1) is 22.8 Å². The molecule has 0 unspecified atom stereocenters. The summed E-state index contributed by atoms with van der Waals surface area (Å²) in [6.07, 6.45) is 1.92. The minimum atomic E-state index is -0.575. The van der Waals surface area contributed by atoms with Crippen molar-refractivity contribution in [1.82, 2.24) is 4.90 Å². The van der Waals surface area contributed by atoms with Crippen LogP contribution in [0.3, 0.4) is 0 Å². The topological polar surface area (TPSA) is 57.7 Å². The van der Waals surface area contributed by atoms with Crippen molar-refractivity contribution in [2.24, 2.45) is 17.3 Å². The number of benzene rings is 1. The molecule has 4 atom stereocenters. The second-order valence-electron chi connectivity index (χ2n) is 8.06. The van der Waals surface area contributed by atoms with Crippen LogP contribution in [0, 0.1) is 17.3 Å². The third-order valence-electron chi connectivity index (χ3n) is 6.48. The van der Waals surface area contributed by atoms with Gasteiger partial charge in [-0.1, -0.05) is 32.0 Å². The Kier molecular flexibility index (Phi) is 2.88. The summed E-state index contributed by atoms with van der Waals surface area (Å²) in [6.45, 7) is 4.99. The van der Waals surface area contributed by atoms with Gasteiger partial charge >= 0.3 is 0 Å². The summed E-state index contributed by atoms with van der Waals surface area (Å²) in [5.74, 6) is -1.23. The number of imide groups is 1. The number of fused-ring (bicyclic) bond motifs is 3. The summed E-state index contributed by atoms with van der Waals surface area (Å²) < 4.78 is 0. The molecule has 1 aromatic carbocycles. The molecule has 130 valence electrons. The first-order valence-corrected chi connectivity index (χ1v) is 9.70. The highest BCUT2D eigenvalue weighted by Gasteiger charge is 2.78. The molecule has 0 saturated carbocycles. The van der Waals surface area contributed by atoms with E-state index < -0.39 is 22.0 Å². The summed E-state index contributed by atoms with van der Waals surface area (Å²) in [5, 5.41) is -0.410. The molecule has 2 bridgehead atoms. The first kappa shape index (κ1) is 15.4. The average Bonchev–Trinajstić information content (AvgIpc) is 3.17. The van der Waals surface area contributed by atoms with E-state index in [9.17, 15) is 14.4 Å². The number of hydrogen-bond donors (Lipinski definition) is 0. The molecule has 1 spiro atoms. The maximum atomic E-state index is 13.4. The Labute approximate surface area is 150 Å². The van der Waals surface area contributed by atoms with E-state index in [1.807, 2.05) is 23.1 Å². The fourth-order valence-electron chi connectivity index (χ4n) is 5.41. The number of rotatable bonds is 1. The Balaban J connectivity index is 1.66. The summed E-state index contributed by atoms with van der Waals surface area (Å²) in [6, 6.07) is 9.09. The van der Waals surface area contributed by atoms with Gasteiger partial charge in [-0.15, -0.1) is 11.8 Å². The first-order valence-electron chi connectivity index (χ1n) is 8.82. The fraction of sp³-hybridized carbons (Fsp3) is 0.526. The standard InChI is InChI=1S/C19H20N2O3S/c1-18(2)9-6-10-20-17(24)14-12-13(19(18,20)25-14)16(23)21(15(12)22)11-7-4-3-5-8-11/h3-5,7-8,12-14H,6,9-10H2,1-2H3/t12-,13-,14-,19-/m0/s1. The van der Waals surface area contributed by atoms with Crippen molar-refractivity contribution in [1.29, 1.82) is 0 Å². The number of amides is 3. The van der Waals surface area contributed by atoms with Crippen molar-refractivity contribution in [3.8, 4) is 0 Å². The molecular formula is C19H20N2O3S. The van der Waals surface area contributed by atoms with E-state index in [0.29, 0.717) is 12.2 Å². The van der Waals surface area contributed by atoms with Gasteiger partial charge in [-0.2, -0.15) is 0 Å². The fourth-order valence-corrected chi connectivity index (χ4v) is 7.57. The van der Waals surface area contributed by atoms with E-state index in [4.69, 9.17) is 0 Å². The molecule has 4 aliphatic heterocycles. The zero-order valence-electron chi connectivity index (χ0n) is 14.3. The van der Waals surface area contributed by atoms with E-state index in [-0.39, 0.29) is 23.1 Å². The molecule has 4 saturated heterocycles. The highest BCUT2D eigenvalue weighted by Crippen LogP contribution is 2.70. The number of thioether (sulfide) groups is 1. The third kappa shape index (κ3) is 1.60. The molecule has 4 fully saturated rings. The summed E-state index contributed by atoms with van der Waals surface area (Å²) in [7, 11) is 0. The Morgan fingerprint density at radius 1 is 1.04 bits per heavy atom. The van der Waals surface area contributed by atoms with E-state index in [1.165, 1.54) is 4.90 Å². The van der Waals surface area contributed by atoms with Crippen molar-refractivity contribution < 1.29 is 14.4 Å². The van der Waals surface area contributed by atoms with Gasteiger partial charge in [0.15, 0.2) is 0 Å². The smallest absolute Gasteiger partial charge is 0.241 e. The van der Waals surface area contributed by atoms with Gasteiger partial charge in [0.1, 0.15) is 4.87 Å². The molecule has 0 radical (unpaired) electrons. The van der Waals surface area contributed by atoms with Crippen LogP contribution in [-0.4, -0.2) is 39.3 Å². The third-order valence-corrected chi connectivity index (χ3v) is 8.62. The van der Waals surface area contributed by atoms with Crippen molar-refractivity contribution in [2.45, 2.75) is 36.8 Å². The van der Waals surface area contributed by atoms with Gasteiger partial charge in [0, 0.05) is 6.54 Å². The van der Waals surface area contributed by atoms with Crippen LogP contribution in [0.1, 0.15) is 26.7 Å². The van der Waals surface area contributed by atoms with E-state index in [2.05, 4.69) is 13.8 Å². The zero-order chi connectivity index (χ0) is 17.6. The Hall–Kier alpha value is -1.82. The number of carbonyl (C=O) groups is 3. The average molecular weight is 356 g/mol. The Morgan fingerprint density at radius 3 is 2.48 bits per heavy atom. The molecule has 1 aromatic rings. The van der Waals surface area contributed by atoms with Gasteiger partial charge < -0.3 is 4.90 Å². The van der Waals surface area contributed by atoms with Crippen molar-refractivity contribution >= 4 is 35.2 Å². The molecule has 0 aromatic heterocycles. The highest BCUT2D eigenvalue weighted by molar-refractivity contribution is 8.02. The predicted molar refractivity (Wildman–Crippen MR) is 94.8 cm³/mol. The summed E-state index contributed by atoms with van der Waals surface area (Å²) in [4.78, 5) is 42.1. The Morgan fingerprint density at radius 2 is 1.76 bits per heavy atom. The normalized spacial score (nSPS) is 38.3. The number of para-hydroxylation sites is 1. The van der Waals surface area contributed by atoms with Crippen LogP contribution in [0.2, 0.25) is 0 Å². The molecule has 3 amide bonds. The van der Waals surface area contributed by atoms with Crippen molar-refractivity contribution in [3.05, 3.63) is 30.3 Å². The molecule has 0 N–H and O–H groups in total. The van der Waals surface area contributed by atoms with Crippen molar-refractivity contribution in [3.63, 3.8) is 0 Å². The number of carbonyl (C=O) groups excluding carboxylic acids is 3. The number of nitrogens with zero attached hydrogens (tertiary/aromatic N) is 2. The molecule has 25 heavy (non-hydrogen) atoms. The SMILES string of the molecule is CC1(C)CCCN2C(=O)[C@H]3S[C@]21[C@@H]1C(=O)N(c2ccccc2)C(=O)[C@H]31. The Bertz CT molecular complexity index is 808. The molecule has 0 aliphatic carbocycles. The predicted octanol–water partition coefficient (Wildman–Crippen LogP) is 2.27. The monoisotopic (exact) mass is 356 g/mol. The summed E-state index contributed by atoms with van der Waals surface area (Å²) >= 11 is 1.58. The van der Waals surface area contributed by atoms with E-state index >= 15 is 0 Å². The maximum Gasteiger partial charge on any atom is 0.241 e. The lowest BCUT2D eigenvalue weighted by molar-refractivity contribution is -0.153. The van der Waals surface area contributed by atoms with Crippen LogP contribution in [-0.2, 0) is 14.4 Å². The highest BCUT2D eigenvalue weighted by atomic mass is 32.2. The molecular weight excluding hydrogens is 336 g/mol. The zero-order valence-corrected chi connectivity index (χ0v) is 15.1. The van der Waals surface area contributed by atoms with Crippen molar-refractivity contribution in [2.75, 3.05) is 11.4 Å². The van der Waals surface area contributed by atoms with E-state index in [0.717, 1.165) is 12.8 Å². The first-order chi connectivity index (χ1) is 11.9. The van der Waals surface area contributed by atoms with E-state index in [1.54, 1.807) is 23.9 Å². The van der Waals surface area contributed by atoms with Gasteiger partial charge in [-0.25, -0.2) is 4.90 Å². The van der Waals surface area contributed by atoms with Crippen LogP contribution in [0.4, 0.5) is 5.69 Å². The van der Waals surface area contributed by atoms with Gasteiger partial charge in [-0.3, -0.25) is 14.4 Å². The molecule has 5 rings (SSSR count). The summed E-state index contributed by atoms with van der Waals surface area (Å²) in [5.41, 5.74) is 0.419. The molecule has 4 aliphatic rings. The second-order valence-corrected chi connectivity index (χ2v) is 9.43. The lowest BCUT2D eigenvalue weighted by Crippen LogP contribution is -2.65. The molecule has 4 heterocycles. The maximum absolute atomic E-state index is 13.4. The van der Waals surface area contributed by atoms with Crippen LogP contribution in [0.5, 0.6) is 0 Å². The van der Waals surface area contributed by atoms with Crippen LogP contribution in [0.25, 0.3) is 0 Å². The lowest BCUT2D eigenvalue weighted by Gasteiger charge is -2.55. The molecule has 5 nitrogen and oxygen atoms in total. The van der Waals surface area contributed by atoms with Gasteiger partial charge in [0.2, 0.25) is 17.7 Å². The second kappa shape index (κ2) is 4.67. The largest absolute Gasteiger partial charge is 0.326 e. The van der Waals surface area contributed by atoms with Crippen LogP contribution < -0.4 is 4.90 Å². The number of anilines is 1. The lowest BCUT2D eigenvalue weighted by atomic mass is 9.65. The minimum Gasteiger partial charge on any atom is -0.326 e. The number of piperidine rings is 2. The quantitative estimate of drug-likeness (QED) is 0.725. The number of hydrogen-bond acceptors (Lipinski definition) is 4. The minimum absolute atomic E-state index is 0.0510. The van der Waals surface area contributed by atoms with Gasteiger partial charge in [-0.05, 0) is 30.4 Å². The van der Waals surface area contributed by atoms with Crippen LogP contribution >= 0.6 is 11.8 Å². The molecule has 6 heteroatoms. The van der Waals surface area contributed by atoms with Gasteiger partial charge in [0.25, 0.3) is 0 Å². The van der Waals surface area contributed by atoms with Crippen LogP contribution in [0.15, 0.2) is 30.3 Å².